The van der Waals surface area contributed by atoms with E-state index in [1.54, 1.807) is 104 Å². The van der Waals surface area contributed by atoms with E-state index in [9.17, 15) is 39.0 Å². The van der Waals surface area contributed by atoms with Gasteiger partial charge in [0.15, 0.2) is 17.1 Å². The topological polar surface area (TPSA) is 361 Å². The van der Waals surface area contributed by atoms with Crippen LogP contribution >= 0.6 is 0 Å². The van der Waals surface area contributed by atoms with E-state index in [2.05, 4.69) is 95.4 Å². The van der Waals surface area contributed by atoms with Crippen molar-refractivity contribution in [3.05, 3.63) is 157 Å². The number of hydrogen-bond acceptors (Lipinski definition) is 17. The first-order chi connectivity index (χ1) is 43.6. The Balaban J connectivity index is 0.000000149. The van der Waals surface area contributed by atoms with Crippen molar-refractivity contribution in [2.24, 2.45) is 21.1 Å². The Hall–Kier alpha value is -11.3. The summed E-state index contributed by atoms with van der Waals surface area (Å²) < 4.78 is 9.67. The van der Waals surface area contributed by atoms with Gasteiger partial charge in [-0.2, -0.15) is 30.6 Å². The van der Waals surface area contributed by atoms with E-state index in [-0.39, 0.29) is 64.6 Å². The second-order valence-electron chi connectivity index (χ2n) is 21.1. The van der Waals surface area contributed by atoms with E-state index in [0.29, 0.717) is 86.9 Å². The quantitative estimate of drug-likeness (QED) is 0.0784. The van der Waals surface area contributed by atoms with Crippen molar-refractivity contribution in [1.82, 2.24) is 89.6 Å². The first-order valence-corrected chi connectivity index (χ1v) is 29.0. The van der Waals surface area contributed by atoms with Gasteiger partial charge in [-0.05, 0) is 74.9 Å². The number of carbonyl (C=O) groups is 6. The molecule has 8 N–H and O–H groups in total. The summed E-state index contributed by atoms with van der Waals surface area (Å²) in [7, 11) is 5.03. The molecule has 0 fully saturated rings. The van der Waals surface area contributed by atoms with E-state index >= 15 is 0 Å². The maximum absolute atomic E-state index is 12.8. The molecule has 9 aromatic rings. The van der Waals surface area contributed by atoms with E-state index in [1.165, 1.54) is 20.2 Å². The van der Waals surface area contributed by atoms with Crippen LogP contribution in [0.4, 0.5) is 17.1 Å². The number of pyridine rings is 3. The van der Waals surface area contributed by atoms with Gasteiger partial charge in [0, 0.05) is 108 Å². The molecule has 0 aromatic carbocycles. The van der Waals surface area contributed by atoms with Crippen LogP contribution in [0.5, 0.6) is 0 Å². The molecule has 12 rings (SSSR count). The smallest absolute Gasteiger partial charge is 0.274 e. The average Bonchev–Trinajstić information content (AvgIpc) is 1.93. The third-order valence-electron chi connectivity index (χ3n) is 14.1. The zero-order chi connectivity index (χ0) is 63.1. The van der Waals surface area contributed by atoms with Crippen molar-refractivity contribution < 1.29 is 39.0 Å². The molecule has 3 aliphatic rings. The molecule has 0 aliphatic carbocycles. The normalized spacial score (nSPS) is 17.1. The molecule has 2 unspecified atom stereocenters. The van der Waals surface area contributed by atoms with E-state index in [1.807, 2.05) is 41.5 Å². The van der Waals surface area contributed by atoms with E-state index in [0.717, 1.165) is 29.5 Å². The van der Waals surface area contributed by atoms with Crippen LogP contribution in [0, 0.1) is 11.8 Å². The van der Waals surface area contributed by atoms with Gasteiger partial charge < -0.3 is 42.1 Å². The number of aromatic nitrogens is 15. The molecule has 6 amide bonds. The minimum Gasteiger partial charge on any atom is -0.390 e. The number of aryl methyl sites for hydroxylation is 4. The summed E-state index contributed by atoms with van der Waals surface area (Å²) in [6.07, 6.45) is 21.8. The summed E-state index contributed by atoms with van der Waals surface area (Å²) >= 11 is 0. The van der Waals surface area contributed by atoms with Crippen LogP contribution in [0.2, 0.25) is 0 Å². The Kier molecular flexibility index (Phi) is 19.9. The van der Waals surface area contributed by atoms with Crippen molar-refractivity contribution in [3.8, 4) is 45.6 Å². The summed E-state index contributed by atoms with van der Waals surface area (Å²) in [6, 6.07) is 15.5. The summed E-state index contributed by atoms with van der Waals surface area (Å²) in [5.74, 6) is 3.68. The van der Waals surface area contributed by atoms with Crippen molar-refractivity contribution in [3.63, 3.8) is 0 Å². The van der Waals surface area contributed by atoms with Gasteiger partial charge in [0.2, 0.25) is 0 Å². The van der Waals surface area contributed by atoms with Gasteiger partial charge in [-0.15, -0.1) is 5.92 Å². The molecule has 90 heavy (non-hydrogen) atoms. The highest BCUT2D eigenvalue weighted by Gasteiger charge is 2.24. The van der Waals surface area contributed by atoms with Gasteiger partial charge in [0.05, 0.1) is 71.5 Å². The third-order valence-corrected chi connectivity index (χ3v) is 14.1. The highest BCUT2D eigenvalue weighted by molar-refractivity contribution is 6.09. The lowest BCUT2D eigenvalue weighted by atomic mass is 10.1. The lowest BCUT2D eigenvalue weighted by molar-refractivity contribution is 0.00851. The molecule has 0 radical (unpaired) electrons. The van der Waals surface area contributed by atoms with Crippen LogP contribution < -0.4 is 31.9 Å². The van der Waals surface area contributed by atoms with Gasteiger partial charge in [-0.3, -0.25) is 56.9 Å². The molecule has 12 bridgehead atoms. The fraction of sp³-hybridized carbons (Fsp3) is 0.295. The first kappa shape index (κ1) is 61.8. The Morgan fingerprint density at radius 1 is 0.456 bits per heavy atom. The maximum Gasteiger partial charge on any atom is 0.274 e. The molecule has 0 saturated carbocycles. The van der Waals surface area contributed by atoms with Crippen LogP contribution in [0.1, 0.15) is 108 Å². The number of anilines is 3. The van der Waals surface area contributed by atoms with Crippen LogP contribution in [0.25, 0.3) is 33.8 Å². The molecule has 3 aliphatic heterocycles. The summed E-state index contributed by atoms with van der Waals surface area (Å²) in [5, 5.41) is 62.4. The minimum absolute atomic E-state index is 0.0474. The molecule has 2 atom stereocenters. The number of hydrogen-bond donors (Lipinski definition) is 8. The number of nitrogens with one attached hydrogen (secondary N) is 6. The van der Waals surface area contributed by atoms with Gasteiger partial charge in [0.1, 0.15) is 23.6 Å². The monoisotopic (exact) mass is 1220 g/mol. The second kappa shape index (κ2) is 29.0. The predicted octanol–water partition coefficient (Wildman–Crippen LogP) is 4.04. The minimum atomic E-state index is -0.973. The summed E-state index contributed by atoms with van der Waals surface area (Å²) in [4.78, 5) is 89.1. The van der Waals surface area contributed by atoms with Gasteiger partial charge >= 0.3 is 0 Å². The molecule has 29 heteroatoms. The van der Waals surface area contributed by atoms with Crippen LogP contribution in [0.15, 0.2) is 123 Å². The Morgan fingerprint density at radius 3 is 1.39 bits per heavy atom. The van der Waals surface area contributed by atoms with E-state index < -0.39 is 35.8 Å². The number of carbonyl (C=O) groups excluding carboxylic acids is 6. The number of fused-ring (bicyclic) bond motifs is 18. The fourth-order valence-corrected chi connectivity index (χ4v) is 9.52. The Morgan fingerprint density at radius 2 is 0.878 bits per heavy atom. The van der Waals surface area contributed by atoms with Crippen LogP contribution in [0.3, 0.4) is 0 Å². The second-order valence-corrected chi connectivity index (χ2v) is 21.1. The zero-order valence-electron chi connectivity index (χ0n) is 49.4. The number of rotatable bonds is 0. The number of aliphatic hydroxyl groups excluding tert-OH is 2. The Bertz CT molecular complexity index is 4170. The lowest BCUT2D eigenvalue weighted by Crippen LogP contribution is -2.33. The molecule has 0 spiro atoms. The van der Waals surface area contributed by atoms with Gasteiger partial charge in [-0.1, -0.05) is 36.3 Å². The highest BCUT2D eigenvalue weighted by Crippen LogP contribution is 2.23. The van der Waals surface area contributed by atoms with Gasteiger partial charge in [0.25, 0.3) is 35.4 Å². The van der Waals surface area contributed by atoms with Crippen molar-refractivity contribution in [2.45, 2.75) is 76.8 Å². The Labute approximate surface area is 515 Å². The molecular formula is C61H65N21O8. The molecular weight excluding hydrogens is 1150 g/mol. The SMILES string of the molecule is Cn1cc2c(n1)C(=O)NCCC(O)C(O)CCCn1cc(cn1)-c1cccc(n1)C(=O)N2.Cn1cc2c(n1)C(=O)NCCC/C=C\Cn1cc(cn1)-c1cccc(n1)C(=O)N2.Cn1cc2c(n1)C(=O)NCCCC#CCn1cc(cn1)-c1cccc(n1)C(=O)N2. The predicted molar refractivity (Wildman–Crippen MR) is 328 cm³/mol. The third kappa shape index (κ3) is 16.0. The van der Waals surface area contributed by atoms with Crippen LogP contribution in [-0.4, -0.2) is 151 Å². The van der Waals surface area contributed by atoms with E-state index in [4.69, 9.17) is 0 Å². The summed E-state index contributed by atoms with van der Waals surface area (Å²) in [6.45, 7) is 2.79. The highest BCUT2D eigenvalue weighted by atomic mass is 16.3. The average molecular weight is 1220 g/mol. The molecule has 29 nitrogen and oxygen atoms in total. The summed E-state index contributed by atoms with van der Waals surface area (Å²) in [5.41, 5.74) is 6.19. The number of allylic oxidation sites excluding steroid dienone is 2. The first-order valence-electron chi connectivity index (χ1n) is 29.0. The maximum atomic E-state index is 12.8. The molecule has 462 valence electrons. The van der Waals surface area contributed by atoms with Gasteiger partial charge in [-0.25, -0.2) is 15.0 Å². The standard InChI is InChI=1S/C21H25N7O4.C20H21N7O2.C20H19N7O2/c1-27-12-16-19(26-27)21(32)22-8-7-18(30)17(29)6-3-9-28-11-13(10-23-28)14-4-2-5-15(24-14)20(31)25-16;2*1-26-13-17-18(25-26)20(29)21-9-4-2-3-5-10-27-12-14(11-22-27)15-7-6-8-16(23-15)19(28)24-17/h2,4-5,10-12,17-18,29-30H,3,6-9H2,1H3,(H,22,32)(H,25,31);3,5-8,11-13H,2,4,9-10H2,1H3,(H,21,29)(H,24,28);6-8,11-13H,2,4,9-10H2,1H3,(H,21,29)(H,24,28)/b;5-3-;. The fourth-order valence-electron chi connectivity index (χ4n) is 9.52. The van der Waals surface area contributed by atoms with Crippen molar-refractivity contribution >= 4 is 52.5 Å². The molecule has 0 saturated heterocycles. The van der Waals surface area contributed by atoms with Crippen molar-refractivity contribution in [1.29, 1.82) is 0 Å². The largest absolute Gasteiger partial charge is 0.390 e. The zero-order valence-corrected chi connectivity index (χ0v) is 49.4. The number of amides is 6. The van der Waals surface area contributed by atoms with Crippen molar-refractivity contribution in [2.75, 3.05) is 35.6 Å². The lowest BCUT2D eigenvalue weighted by Gasteiger charge is -2.18. The molecule has 9 aromatic heterocycles. The number of aliphatic hydroxyl groups is 2. The van der Waals surface area contributed by atoms with Crippen LogP contribution in [-0.2, 0) is 40.8 Å². The number of nitrogens with zero attached hydrogens (tertiary/aromatic N) is 15. The molecule has 12 heterocycles.